The molecule has 1 aromatic carbocycles. The highest BCUT2D eigenvalue weighted by atomic mass is 16.6. The van der Waals surface area contributed by atoms with E-state index in [-0.39, 0.29) is 28.8 Å². The molecule has 0 aliphatic rings. The first-order valence-corrected chi connectivity index (χ1v) is 6.61. The van der Waals surface area contributed by atoms with Crippen LogP contribution < -0.4 is 10.9 Å². The number of nitro groups is 1. The number of aliphatic hydroxyl groups excluding tert-OH is 1. The van der Waals surface area contributed by atoms with E-state index < -0.39 is 22.6 Å². The Bertz CT molecular complexity index is 782. The summed E-state index contributed by atoms with van der Waals surface area (Å²) in [5.41, 5.74) is -1.13. The molecule has 0 radical (unpaired) electrons. The van der Waals surface area contributed by atoms with Crippen molar-refractivity contribution in [2.45, 2.75) is 19.4 Å². The fraction of sp³-hybridized carbons (Fsp3) is 0.286. The van der Waals surface area contributed by atoms with E-state index in [1.54, 1.807) is 6.92 Å². The lowest BCUT2D eigenvalue weighted by Gasteiger charge is -2.09. The van der Waals surface area contributed by atoms with Crippen LogP contribution in [0.25, 0.3) is 11.0 Å². The Morgan fingerprint density at radius 1 is 1.45 bits per heavy atom. The van der Waals surface area contributed by atoms with E-state index in [1.807, 2.05) is 0 Å². The Morgan fingerprint density at radius 3 is 2.82 bits per heavy atom. The van der Waals surface area contributed by atoms with Gasteiger partial charge in [-0.2, -0.15) is 0 Å². The minimum absolute atomic E-state index is 0.00173. The Labute approximate surface area is 124 Å². The summed E-state index contributed by atoms with van der Waals surface area (Å²) >= 11 is 0. The van der Waals surface area contributed by atoms with Crippen molar-refractivity contribution in [3.8, 4) is 0 Å². The largest absolute Gasteiger partial charge is 0.422 e. The first-order chi connectivity index (χ1) is 10.4. The number of carbonyl (C=O) groups is 1. The molecule has 1 atom stereocenters. The van der Waals surface area contributed by atoms with E-state index in [1.165, 1.54) is 24.3 Å². The van der Waals surface area contributed by atoms with Gasteiger partial charge in [-0.15, -0.1) is 0 Å². The number of hydrogen-bond donors (Lipinski definition) is 2. The number of fused-ring (bicyclic) bond motifs is 1. The molecule has 8 heteroatoms. The summed E-state index contributed by atoms with van der Waals surface area (Å²) in [5.74, 6) is -0.699. The van der Waals surface area contributed by atoms with E-state index in [0.717, 1.165) is 0 Å². The minimum atomic E-state index is -0.843. The van der Waals surface area contributed by atoms with Crippen molar-refractivity contribution in [3.05, 3.63) is 50.4 Å². The minimum Gasteiger partial charge on any atom is -0.422 e. The molecule has 2 N–H and O–H groups in total. The Hall–Kier alpha value is -2.74. The molecule has 0 aliphatic carbocycles. The second-order valence-electron chi connectivity index (χ2n) is 4.70. The van der Waals surface area contributed by atoms with Gasteiger partial charge in [0, 0.05) is 24.1 Å². The van der Waals surface area contributed by atoms with E-state index in [2.05, 4.69) is 5.32 Å². The Balaban J connectivity index is 2.37. The van der Waals surface area contributed by atoms with E-state index in [4.69, 9.17) is 4.42 Å². The van der Waals surface area contributed by atoms with Crippen LogP contribution in [0.5, 0.6) is 0 Å². The van der Waals surface area contributed by atoms with E-state index in [0.29, 0.717) is 6.42 Å². The van der Waals surface area contributed by atoms with Crippen LogP contribution in [0.15, 0.2) is 33.5 Å². The SMILES string of the molecule is CC[C@@H](O)CNC(=O)c1cc2cc([N+](=O)[O-])ccc2oc1=O. The third kappa shape index (κ3) is 3.29. The average Bonchev–Trinajstić information content (AvgIpc) is 2.50. The highest BCUT2D eigenvalue weighted by Crippen LogP contribution is 2.20. The molecular weight excluding hydrogens is 292 g/mol. The predicted octanol–water partition coefficient (Wildman–Crippen LogP) is 1.20. The van der Waals surface area contributed by atoms with Crippen molar-refractivity contribution in [1.82, 2.24) is 5.32 Å². The lowest BCUT2D eigenvalue weighted by molar-refractivity contribution is -0.384. The third-order valence-electron chi connectivity index (χ3n) is 3.14. The van der Waals surface area contributed by atoms with Crippen LogP contribution in [-0.2, 0) is 0 Å². The van der Waals surface area contributed by atoms with Gasteiger partial charge < -0.3 is 14.8 Å². The van der Waals surface area contributed by atoms with Gasteiger partial charge in [-0.1, -0.05) is 6.92 Å². The van der Waals surface area contributed by atoms with Crippen molar-refractivity contribution in [3.63, 3.8) is 0 Å². The molecule has 22 heavy (non-hydrogen) atoms. The van der Waals surface area contributed by atoms with Gasteiger partial charge in [0.05, 0.1) is 11.0 Å². The highest BCUT2D eigenvalue weighted by molar-refractivity contribution is 5.96. The van der Waals surface area contributed by atoms with Gasteiger partial charge in [0.1, 0.15) is 11.1 Å². The van der Waals surface area contributed by atoms with Crippen molar-refractivity contribution < 1.29 is 19.2 Å². The van der Waals surface area contributed by atoms with E-state index in [9.17, 15) is 24.8 Å². The number of non-ortho nitro benzene ring substituents is 1. The number of rotatable bonds is 5. The number of amides is 1. The van der Waals surface area contributed by atoms with E-state index >= 15 is 0 Å². The summed E-state index contributed by atoms with van der Waals surface area (Å²) in [5, 5.41) is 22.8. The first-order valence-electron chi connectivity index (χ1n) is 6.61. The van der Waals surface area contributed by atoms with Crippen molar-refractivity contribution >= 4 is 22.6 Å². The molecule has 0 aliphatic heterocycles. The zero-order valence-electron chi connectivity index (χ0n) is 11.7. The molecule has 0 saturated heterocycles. The molecule has 2 rings (SSSR count). The molecule has 116 valence electrons. The zero-order chi connectivity index (χ0) is 16.3. The number of hydrogen-bond acceptors (Lipinski definition) is 6. The van der Waals surface area contributed by atoms with Crippen LogP contribution in [0, 0.1) is 10.1 Å². The maximum absolute atomic E-state index is 11.9. The summed E-state index contributed by atoms with van der Waals surface area (Å²) in [6.45, 7) is 1.75. The summed E-state index contributed by atoms with van der Waals surface area (Å²) in [4.78, 5) is 33.9. The fourth-order valence-electron chi connectivity index (χ4n) is 1.83. The Kier molecular flexibility index (Phi) is 4.52. The normalized spacial score (nSPS) is 12.1. The second kappa shape index (κ2) is 6.35. The summed E-state index contributed by atoms with van der Waals surface area (Å²) < 4.78 is 4.98. The Morgan fingerprint density at radius 2 is 2.18 bits per heavy atom. The maximum atomic E-state index is 11.9. The number of nitrogens with zero attached hydrogens (tertiary/aromatic N) is 1. The molecular formula is C14H14N2O6. The number of benzene rings is 1. The fourth-order valence-corrected chi connectivity index (χ4v) is 1.83. The predicted molar refractivity (Wildman–Crippen MR) is 77.8 cm³/mol. The van der Waals surface area contributed by atoms with Gasteiger partial charge >= 0.3 is 5.63 Å². The van der Waals surface area contributed by atoms with Crippen molar-refractivity contribution in [2.24, 2.45) is 0 Å². The van der Waals surface area contributed by atoms with Gasteiger partial charge in [0.25, 0.3) is 11.6 Å². The van der Waals surface area contributed by atoms with Crippen LogP contribution in [0.3, 0.4) is 0 Å². The topological polar surface area (TPSA) is 123 Å². The highest BCUT2D eigenvalue weighted by Gasteiger charge is 2.16. The van der Waals surface area contributed by atoms with Crippen LogP contribution >= 0.6 is 0 Å². The molecule has 1 aromatic heterocycles. The monoisotopic (exact) mass is 306 g/mol. The molecule has 0 fully saturated rings. The van der Waals surface area contributed by atoms with Crippen LogP contribution in [0.2, 0.25) is 0 Å². The molecule has 2 aromatic rings. The molecule has 1 amide bonds. The van der Waals surface area contributed by atoms with Gasteiger partial charge in [-0.25, -0.2) is 4.79 Å². The smallest absolute Gasteiger partial charge is 0.349 e. The van der Waals surface area contributed by atoms with Gasteiger partial charge in [-0.05, 0) is 18.6 Å². The summed E-state index contributed by atoms with van der Waals surface area (Å²) in [6, 6.07) is 4.97. The van der Waals surface area contributed by atoms with Crippen molar-refractivity contribution in [1.29, 1.82) is 0 Å². The van der Waals surface area contributed by atoms with Gasteiger partial charge in [0.2, 0.25) is 0 Å². The van der Waals surface area contributed by atoms with Crippen LogP contribution in [0.4, 0.5) is 5.69 Å². The molecule has 0 spiro atoms. The summed E-state index contributed by atoms with van der Waals surface area (Å²) in [7, 11) is 0. The maximum Gasteiger partial charge on any atom is 0.349 e. The standard InChI is InChI=1S/C14H14N2O6/c1-2-10(17)7-15-13(18)11-6-8-5-9(16(20)21)3-4-12(8)22-14(11)19/h3-6,10,17H,2,7H2,1H3,(H,15,18)/t10-/m1/s1. The average molecular weight is 306 g/mol. The number of nitro benzene ring substituents is 1. The van der Waals surface area contributed by atoms with Crippen LogP contribution in [0.1, 0.15) is 23.7 Å². The zero-order valence-corrected chi connectivity index (χ0v) is 11.7. The molecule has 0 saturated carbocycles. The van der Waals surface area contributed by atoms with Gasteiger partial charge in [-0.3, -0.25) is 14.9 Å². The lowest BCUT2D eigenvalue weighted by atomic mass is 10.1. The first kappa shape index (κ1) is 15.6. The molecule has 8 nitrogen and oxygen atoms in total. The number of aliphatic hydroxyl groups is 1. The number of nitrogens with one attached hydrogen (secondary N) is 1. The molecule has 1 heterocycles. The summed E-state index contributed by atoms with van der Waals surface area (Å²) in [6.07, 6.45) is -0.253. The van der Waals surface area contributed by atoms with Crippen LogP contribution in [-0.4, -0.2) is 28.6 Å². The number of carbonyl (C=O) groups excluding carboxylic acids is 1. The molecule has 0 bridgehead atoms. The second-order valence-corrected chi connectivity index (χ2v) is 4.70. The third-order valence-corrected chi connectivity index (χ3v) is 3.14. The molecule has 0 unspecified atom stereocenters. The van der Waals surface area contributed by atoms with Gasteiger partial charge in [0.15, 0.2) is 0 Å². The lowest BCUT2D eigenvalue weighted by Crippen LogP contribution is -2.34. The van der Waals surface area contributed by atoms with Crippen molar-refractivity contribution in [2.75, 3.05) is 6.54 Å². The quantitative estimate of drug-likeness (QED) is 0.486.